The number of nitriles is 1. The van der Waals surface area contributed by atoms with Crippen LogP contribution >= 0.6 is 0 Å². The minimum Gasteiger partial charge on any atom is -0.491 e. The van der Waals surface area contributed by atoms with E-state index in [9.17, 15) is 13.9 Å². The van der Waals surface area contributed by atoms with Gasteiger partial charge in [-0.2, -0.15) is 5.26 Å². The molecule has 6 heteroatoms. The van der Waals surface area contributed by atoms with Crippen molar-refractivity contribution in [3.05, 3.63) is 59.7 Å². The Hall–Kier alpha value is -2.65. The van der Waals surface area contributed by atoms with E-state index in [0.717, 1.165) is 6.07 Å². The van der Waals surface area contributed by atoms with Crippen LogP contribution in [0.3, 0.4) is 0 Å². The standard InChI is InChI=1S/C16H13F2NO3/c17-12-2-5-14(6-3-12)21-9-13(20)10-22-15-4-1-11(8-19)16(18)7-15/h1-7,13,20H,9-10H2. The minimum absolute atomic E-state index is 0.0512. The normalized spacial score (nSPS) is 11.5. The summed E-state index contributed by atoms with van der Waals surface area (Å²) in [6.45, 7) is -0.156. The second kappa shape index (κ2) is 7.38. The predicted octanol–water partition coefficient (Wildman–Crippen LogP) is 2.66. The third-order valence-corrected chi connectivity index (χ3v) is 2.76. The summed E-state index contributed by atoms with van der Waals surface area (Å²) in [7, 11) is 0. The van der Waals surface area contributed by atoms with Gasteiger partial charge in [0.05, 0.1) is 5.56 Å². The third kappa shape index (κ3) is 4.43. The molecule has 2 rings (SSSR count). The number of aliphatic hydroxyl groups excluding tert-OH is 1. The van der Waals surface area contributed by atoms with Crippen LogP contribution in [0.2, 0.25) is 0 Å². The third-order valence-electron chi connectivity index (χ3n) is 2.76. The molecule has 0 saturated heterocycles. The maximum absolute atomic E-state index is 13.4. The fraction of sp³-hybridized carbons (Fsp3) is 0.188. The van der Waals surface area contributed by atoms with Crippen LogP contribution in [0, 0.1) is 23.0 Å². The van der Waals surface area contributed by atoms with Crippen LogP contribution in [0.4, 0.5) is 8.78 Å². The highest BCUT2D eigenvalue weighted by Gasteiger charge is 2.09. The summed E-state index contributed by atoms with van der Waals surface area (Å²) >= 11 is 0. The van der Waals surface area contributed by atoms with Crippen LogP contribution in [0.5, 0.6) is 11.5 Å². The Morgan fingerprint density at radius 3 is 2.18 bits per heavy atom. The lowest BCUT2D eigenvalue weighted by Gasteiger charge is -2.13. The second-order valence-corrected chi connectivity index (χ2v) is 4.48. The SMILES string of the molecule is N#Cc1ccc(OCC(O)COc2ccc(F)cc2)cc1F. The van der Waals surface area contributed by atoms with Crippen molar-refractivity contribution in [1.29, 1.82) is 5.26 Å². The predicted molar refractivity (Wildman–Crippen MR) is 74.5 cm³/mol. The first-order chi connectivity index (χ1) is 10.6. The lowest BCUT2D eigenvalue weighted by atomic mass is 10.2. The van der Waals surface area contributed by atoms with Crippen molar-refractivity contribution in [3.8, 4) is 17.6 Å². The zero-order valence-corrected chi connectivity index (χ0v) is 11.5. The van der Waals surface area contributed by atoms with Gasteiger partial charge in [0.15, 0.2) is 0 Å². The van der Waals surface area contributed by atoms with Gasteiger partial charge in [-0.05, 0) is 36.4 Å². The molecule has 114 valence electrons. The average molecular weight is 305 g/mol. The van der Waals surface area contributed by atoms with Gasteiger partial charge in [-0.3, -0.25) is 0 Å². The first-order valence-corrected chi connectivity index (χ1v) is 6.47. The fourth-order valence-electron chi connectivity index (χ4n) is 1.64. The molecule has 0 aromatic heterocycles. The molecule has 0 aliphatic carbocycles. The van der Waals surface area contributed by atoms with Crippen LogP contribution in [-0.4, -0.2) is 24.4 Å². The Bertz CT molecular complexity index is 668. The van der Waals surface area contributed by atoms with Gasteiger partial charge in [-0.1, -0.05) is 0 Å². The van der Waals surface area contributed by atoms with Crippen LogP contribution in [0.25, 0.3) is 0 Å². The molecule has 0 spiro atoms. The number of halogens is 2. The van der Waals surface area contributed by atoms with E-state index >= 15 is 0 Å². The van der Waals surface area contributed by atoms with E-state index in [1.165, 1.54) is 36.4 Å². The highest BCUT2D eigenvalue weighted by atomic mass is 19.1. The summed E-state index contributed by atoms with van der Waals surface area (Å²) in [5.74, 6) is -0.432. The van der Waals surface area contributed by atoms with Gasteiger partial charge in [0.2, 0.25) is 0 Å². The second-order valence-electron chi connectivity index (χ2n) is 4.48. The van der Waals surface area contributed by atoms with Crippen molar-refractivity contribution < 1.29 is 23.4 Å². The molecule has 0 heterocycles. The van der Waals surface area contributed by atoms with Gasteiger partial charge in [-0.15, -0.1) is 0 Å². The summed E-state index contributed by atoms with van der Waals surface area (Å²) < 4.78 is 36.5. The maximum atomic E-state index is 13.4. The van der Waals surface area contributed by atoms with Crippen molar-refractivity contribution in [3.63, 3.8) is 0 Å². The molecular formula is C16H13F2NO3. The summed E-state index contributed by atoms with van der Waals surface area (Å²) in [6.07, 6.45) is -0.941. The monoisotopic (exact) mass is 305 g/mol. The van der Waals surface area contributed by atoms with Crippen LogP contribution in [0.1, 0.15) is 5.56 Å². The molecule has 1 atom stereocenters. The highest BCUT2D eigenvalue weighted by Crippen LogP contribution is 2.16. The highest BCUT2D eigenvalue weighted by molar-refractivity contribution is 5.36. The van der Waals surface area contributed by atoms with E-state index in [0.29, 0.717) is 5.75 Å². The van der Waals surface area contributed by atoms with Crippen LogP contribution in [0.15, 0.2) is 42.5 Å². The van der Waals surface area contributed by atoms with Crippen LogP contribution in [-0.2, 0) is 0 Å². The van der Waals surface area contributed by atoms with Gasteiger partial charge >= 0.3 is 0 Å². The largest absolute Gasteiger partial charge is 0.491 e. The number of rotatable bonds is 6. The first kappa shape index (κ1) is 15.7. The van der Waals surface area contributed by atoms with E-state index in [1.54, 1.807) is 6.07 Å². The Morgan fingerprint density at radius 1 is 1.00 bits per heavy atom. The van der Waals surface area contributed by atoms with Crippen molar-refractivity contribution >= 4 is 0 Å². The van der Waals surface area contributed by atoms with Crippen LogP contribution < -0.4 is 9.47 Å². The lowest BCUT2D eigenvalue weighted by Crippen LogP contribution is -2.25. The molecule has 2 aromatic rings. The minimum atomic E-state index is -0.941. The molecule has 0 aliphatic heterocycles. The molecule has 0 radical (unpaired) electrons. The first-order valence-electron chi connectivity index (χ1n) is 6.47. The van der Waals surface area contributed by atoms with E-state index < -0.39 is 11.9 Å². The molecule has 0 aliphatic rings. The number of ether oxygens (including phenoxy) is 2. The summed E-state index contributed by atoms with van der Waals surface area (Å²) in [6, 6.07) is 10.9. The number of benzene rings is 2. The molecular weight excluding hydrogens is 292 g/mol. The molecule has 2 aromatic carbocycles. The van der Waals surface area contributed by atoms with E-state index in [1.807, 2.05) is 0 Å². The molecule has 1 N–H and O–H groups in total. The van der Waals surface area contributed by atoms with Crippen molar-refractivity contribution in [2.24, 2.45) is 0 Å². The van der Waals surface area contributed by atoms with Gasteiger partial charge in [-0.25, -0.2) is 8.78 Å². The molecule has 0 bridgehead atoms. The van der Waals surface area contributed by atoms with Gasteiger partial charge in [0, 0.05) is 6.07 Å². The van der Waals surface area contributed by atoms with E-state index in [4.69, 9.17) is 14.7 Å². The number of hydrogen-bond acceptors (Lipinski definition) is 4. The molecule has 0 amide bonds. The zero-order valence-electron chi connectivity index (χ0n) is 11.5. The Kier molecular flexibility index (Phi) is 5.28. The fourth-order valence-corrected chi connectivity index (χ4v) is 1.64. The lowest BCUT2D eigenvalue weighted by molar-refractivity contribution is 0.0625. The van der Waals surface area contributed by atoms with E-state index in [-0.39, 0.29) is 30.3 Å². The Labute approximate surface area is 126 Å². The molecule has 4 nitrogen and oxygen atoms in total. The Balaban J connectivity index is 1.80. The quantitative estimate of drug-likeness (QED) is 0.891. The molecule has 1 unspecified atom stereocenters. The Morgan fingerprint density at radius 2 is 1.59 bits per heavy atom. The topological polar surface area (TPSA) is 62.5 Å². The summed E-state index contributed by atoms with van der Waals surface area (Å²) in [5.41, 5.74) is -0.0764. The van der Waals surface area contributed by atoms with Gasteiger partial charge in [0.1, 0.15) is 48.5 Å². The van der Waals surface area contributed by atoms with Gasteiger partial charge in [0.25, 0.3) is 0 Å². The summed E-state index contributed by atoms with van der Waals surface area (Å²) in [5, 5.41) is 18.3. The van der Waals surface area contributed by atoms with Gasteiger partial charge < -0.3 is 14.6 Å². The number of aliphatic hydroxyl groups is 1. The maximum Gasteiger partial charge on any atom is 0.144 e. The number of nitrogens with zero attached hydrogens (tertiary/aromatic N) is 1. The van der Waals surface area contributed by atoms with Crippen molar-refractivity contribution in [2.75, 3.05) is 13.2 Å². The smallest absolute Gasteiger partial charge is 0.144 e. The molecule has 0 fully saturated rings. The van der Waals surface area contributed by atoms with Crippen molar-refractivity contribution in [2.45, 2.75) is 6.10 Å². The molecule has 0 saturated carbocycles. The number of hydrogen-bond donors (Lipinski definition) is 1. The average Bonchev–Trinajstić information content (AvgIpc) is 2.52. The summed E-state index contributed by atoms with van der Waals surface area (Å²) in [4.78, 5) is 0. The zero-order chi connectivity index (χ0) is 15.9. The molecule has 22 heavy (non-hydrogen) atoms. The van der Waals surface area contributed by atoms with E-state index in [2.05, 4.69) is 0 Å². The van der Waals surface area contributed by atoms with Crippen molar-refractivity contribution in [1.82, 2.24) is 0 Å².